The van der Waals surface area contributed by atoms with Crippen LogP contribution >= 0.6 is 0 Å². The fraction of sp³-hybridized carbons (Fsp3) is 0.364. The lowest BCUT2D eigenvalue weighted by atomic mass is 9.82. The van der Waals surface area contributed by atoms with E-state index in [1.165, 1.54) is 12.3 Å². The first-order chi connectivity index (χ1) is 14.0. The van der Waals surface area contributed by atoms with Crippen LogP contribution in [0.15, 0.2) is 47.4 Å². The Hall–Kier alpha value is -3.40. The summed E-state index contributed by atoms with van der Waals surface area (Å²) in [5.74, 6) is -0.334. The molecule has 1 saturated heterocycles. The van der Waals surface area contributed by atoms with Crippen molar-refractivity contribution in [2.45, 2.75) is 31.7 Å². The molecular formula is C22H22N4O3. The van der Waals surface area contributed by atoms with Gasteiger partial charge in [0.2, 0.25) is 5.56 Å². The van der Waals surface area contributed by atoms with Gasteiger partial charge in [-0.2, -0.15) is 5.26 Å². The Morgan fingerprint density at radius 3 is 2.90 bits per heavy atom. The zero-order valence-corrected chi connectivity index (χ0v) is 16.0. The summed E-state index contributed by atoms with van der Waals surface area (Å²) < 4.78 is 0. The van der Waals surface area contributed by atoms with Gasteiger partial charge in [0, 0.05) is 47.9 Å². The normalized spacial score (nSPS) is 22.7. The van der Waals surface area contributed by atoms with Crippen LogP contribution in [0.4, 0.5) is 0 Å². The number of nitriles is 1. The number of aromatic amines is 1. The molecule has 2 atom stereocenters. The molecule has 2 aliphatic rings. The fourth-order valence-electron chi connectivity index (χ4n) is 4.77. The van der Waals surface area contributed by atoms with E-state index in [2.05, 4.69) is 16.4 Å². The number of likely N-dealkylation sites (tertiary alicyclic amines) is 1. The molecule has 0 unspecified atom stereocenters. The number of nitrogens with one attached hydrogen (secondary N) is 2. The SMILES string of the molecule is N#Cc1cccc(C(=O)N2CC[C@@]3(CNC(=O)c4cc[nH]c(=O)c4)CCC[C@@H]23)c1. The van der Waals surface area contributed by atoms with E-state index >= 15 is 0 Å². The molecule has 29 heavy (non-hydrogen) atoms. The van der Waals surface area contributed by atoms with Crippen molar-refractivity contribution < 1.29 is 9.59 Å². The minimum absolute atomic E-state index is 0.0585. The molecule has 2 amide bonds. The first-order valence-corrected chi connectivity index (χ1v) is 9.80. The highest BCUT2D eigenvalue weighted by Gasteiger charge is 2.51. The van der Waals surface area contributed by atoms with Crippen LogP contribution in [-0.2, 0) is 0 Å². The van der Waals surface area contributed by atoms with Crippen molar-refractivity contribution in [1.82, 2.24) is 15.2 Å². The molecule has 0 radical (unpaired) electrons. The van der Waals surface area contributed by atoms with Gasteiger partial charge in [0.15, 0.2) is 0 Å². The molecule has 2 fully saturated rings. The highest BCUT2D eigenvalue weighted by Crippen LogP contribution is 2.48. The zero-order chi connectivity index (χ0) is 20.4. The molecule has 2 heterocycles. The molecule has 7 nitrogen and oxygen atoms in total. The maximum absolute atomic E-state index is 13.1. The van der Waals surface area contributed by atoms with E-state index in [1.807, 2.05) is 4.90 Å². The number of H-pyrrole nitrogens is 1. The van der Waals surface area contributed by atoms with E-state index in [4.69, 9.17) is 5.26 Å². The lowest BCUT2D eigenvalue weighted by molar-refractivity contribution is 0.0692. The molecule has 0 spiro atoms. The summed E-state index contributed by atoms with van der Waals surface area (Å²) in [4.78, 5) is 41.4. The summed E-state index contributed by atoms with van der Waals surface area (Å²) in [5, 5.41) is 12.1. The molecule has 1 aromatic heterocycles. The number of pyridine rings is 1. The molecule has 1 aliphatic heterocycles. The van der Waals surface area contributed by atoms with E-state index < -0.39 is 0 Å². The fourth-order valence-corrected chi connectivity index (χ4v) is 4.77. The van der Waals surface area contributed by atoms with E-state index in [1.54, 1.807) is 30.3 Å². The van der Waals surface area contributed by atoms with Crippen LogP contribution in [0.3, 0.4) is 0 Å². The zero-order valence-electron chi connectivity index (χ0n) is 16.0. The van der Waals surface area contributed by atoms with Crippen molar-refractivity contribution in [3.63, 3.8) is 0 Å². The number of aromatic nitrogens is 1. The van der Waals surface area contributed by atoms with Crippen LogP contribution in [0, 0.1) is 16.7 Å². The smallest absolute Gasteiger partial charge is 0.254 e. The number of rotatable bonds is 4. The molecule has 0 bridgehead atoms. The van der Waals surface area contributed by atoms with Gasteiger partial charge >= 0.3 is 0 Å². The summed E-state index contributed by atoms with van der Waals surface area (Å²) in [7, 11) is 0. The van der Waals surface area contributed by atoms with Crippen molar-refractivity contribution in [2.24, 2.45) is 5.41 Å². The Morgan fingerprint density at radius 1 is 1.24 bits per heavy atom. The molecule has 1 saturated carbocycles. The number of carbonyl (C=O) groups excluding carboxylic acids is 2. The van der Waals surface area contributed by atoms with E-state index in [0.29, 0.717) is 29.8 Å². The Kier molecular flexibility index (Phi) is 4.93. The van der Waals surface area contributed by atoms with Crippen LogP contribution in [-0.4, -0.2) is 40.8 Å². The molecular weight excluding hydrogens is 368 g/mol. The molecule has 1 aliphatic carbocycles. The molecule has 2 N–H and O–H groups in total. The molecule has 148 valence electrons. The van der Waals surface area contributed by atoms with E-state index in [9.17, 15) is 14.4 Å². The first-order valence-electron chi connectivity index (χ1n) is 9.80. The van der Waals surface area contributed by atoms with Gasteiger partial charge in [0.1, 0.15) is 0 Å². The van der Waals surface area contributed by atoms with Crippen molar-refractivity contribution in [3.8, 4) is 6.07 Å². The average molecular weight is 390 g/mol. The minimum atomic E-state index is -0.313. The first kappa shape index (κ1) is 18.9. The summed E-state index contributed by atoms with van der Waals surface area (Å²) in [6.07, 6.45) is 5.16. The van der Waals surface area contributed by atoms with Crippen LogP contribution in [0.25, 0.3) is 0 Å². The average Bonchev–Trinajstić information content (AvgIpc) is 3.30. The third kappa shape index (κ3) is 3.54. The van der Waals surface area contributed by atoms with Crippen LogP contribution in [0.2, 0.25) is 0 Å². The van der Waals surface area contributed by atoms with Crippen LogP contribution < -0.4 is 10.9 Å². The third-order valence-electron chi connectivity index (χ3n) is 6.22. The second kappa shape index (κ2) is 7.55. The molecule has 2 aromatic rings. The van der Waals surface area contributed by atoms with Gasteiger partial charge < -0.3 is 15.2 Å². The summed E-state index contributed by atoms with van der Waals surface area (Å²) in [5.41, 5.74) is 0.877. The number of nitrogens with zero attached hydrogens (tertiary/aromatic N) is 2. The largest absolute Gasteiger partial charge is 0.351 e. The molecule has 1 aromatic carbocycles. The number of carbonyl (C=O) groups is 2. The number of fused-ring (bicyclic) bond motifs is 1. The minimum Gasteiger partial charge on any atom is -0.351 e. The van der Waals surface area contributed by atoms with Crippen LogP contribution in [0.1, 0.15) is 52.0 Å². The van der Waals surface area contributed by atoms with Gasteiger partial charge in [-0.15, -0.1) is 0 Å². The van der Waals surface area contributed by atoms with Crippen molar-refractivity contribution in [3.05, 3.63) is 69.6 Å². The number of benzene rings is 1. The van der Waals surface area contributed by atoms with Crippen molar-refractivity contribution >= 4 is 11.8 Å². The summed E-state index contributed by atoms with van der Waals surface area (Å²) >= 11 is 0. The van der Waals surface area contributed by atoms with Gasteiger partial charge in [-0.25, -0.2) is 0 Å². The summed E-state index contributed by atoms with van der Waals surface area (Å²) in [6.45, 7) is 1.12. The quantitative estimate of drug-likeness (QED) is 0.833. The highest BCUT2D eigenvalue weighted by atomic mass is 16.2. The van der Waals surface area contributed by atoms with Crippen LogP contribution in [0.5, 0.6) is 0 Å². The number of amides is 2. The maximum atomic E-state index is 13.1. The Bertz CT molecular complexity index is 1050. The number of hydrogen-bond acceptors (Lipinski definition) is 4. The maximum Gasteiger partial charge on any atom is 0.254 e. The van der Waals surface area contributed by atoms with Gasteiger partial charge in [-0.1, -0.05) is 12.5 Å². The lowest BCUT2D eigenvalue weighted by Gasteiger charge is -2.32. The monoisotopic (exact) mass is 390 g/mol. The van der Waals surface area contributed by atoms with Gasteiger partial charge in [0.05, 0.1) is 11.6 Å². The number of hydrogen-bond donors (Lipinski definition) is 2. The predicted molar refractivity (Wildman–Crippen MR) is 106 cm³/mol. The lowest BCUT2D eigenvalue weighted by Crippen LogP contribution is -2.45. The predicted octanol–water partition coefficient (Wildman–Crippen LogP) is 2.06. The molecule has 7 heteroatoms. The standard InChI is InChI=1S/C22H22N4O3/c23-13-15-3-1-4-17(11-15)21(29)26-10-8-22(7-2-5-18(22)26)14-25-20(28)16-6-9-24-19(27)12-16/h1,3-4,6,9,11-12,18H,2,5,7-8,10,14H2,(H,24,27)(H,25,28)/t18-,22-/m1/s1. The van der Waals surface area contributed by atoms with Gasteiger partial charge in [-0.05, 0) is 43.5 Å². The van der Waals surface area contributed by atoms with Crippen molar-refractivity contribution in [1.29, 1.82) is 5.26 Å². The Labute approximate surface area is 168 Å². The van der Waals surface area contributed by atoms with E-state index in [-0.39, 0.29) is 28.8 Å². The second-order valence-corrected chi connectivity index (χ2v) is 7.84. The Balaban J connectivity index is 1.48. The molecule has 4 rings (SSSR count). The third-order valence-corrected chi connectivity index (χ3v) is 6.22. The van der Waals surface area contributed by atoms with Crippen molar-refractivity contribution in [2.75, 3.05) is 13.1 Å². The van der Waals surface area contributed by atoms with E-state index in [0.717, 1.165) is 25.7 Å². The second-order valence-electron chi connectivity index (χ2n) is 7.84. The summed E-state index contributed by atoms with van der Waals surface area (Å²) in [6, 6.07) is 11.8. The topological polar surface area (TPSA) is 106 Å². The van der Waals surface area contributed by atoms with Gasteiger partial charge in [0.25, 0.3) is 11.8 Å². The highest BCUT2D eigenvalue weighted by molar-refractivity contribution is 5.95. The van der Waals surface area contributed by atoms with Gasteiger partial charge in [-0.3, -0.25) is 14.4 Å². The Morgan fingerprint density at radius 2 is 2.10 bits per heavy atom.